The molecule has 3 aromatic rings. The number of hydrazine groups is 1. The first kappa shape index (κ1) is 24.2. The van der Waals surface area contributed by atoms with E-state index < -0.39 is 16.1 Å². The van der Waals surface area contributed by atoms with Crippen LogP contribution in [0.3, 0.4) is 0 Å². The smallest absolute Gasteiger partial charge is 0.323 e. The summed E-state index contributed by atoms with van der Waals surface area (Å²) in [4.78, 5) is 13.4. The number of amides is 2. The molecule has 180 valence electrons. The number of hydrogen-bond acceptors (Lipinski definition) is 7. The minimum atomic E-state index is -4.12. The minimum Gasteiger partial charge on any atom is -0.508 e. The van der Waals surface area contributed by atoms with E-state index in [9.17, 15) is 23.4 Å². The van der Waals surface area contributed by atoms with E-state index in [0.29, 0.717) is 15.7 Å². The number of aromatic hydroxyl groups is 2. The van der Waals surface area contributed by atoms with E-state index in [0.717, 1.165) is 17.7 Å². The number of thiocarbonyl (C=S) groups is 2. The number of phenols is 2. The van der Waals surface area contributed by atoms with Gasteiger partial charge in [-0.1, -0.05) is 42.6 Å². The van der Waals surface area contributed by atoms with Gasteiger partial charge in [-0.05, 0) is 48.0 Å². The van der Waals surface area contributed by atoms with Crippen LogP contribution in [0.1, 0.15) is 11.5 Å². The normalized spacial score (nSPS) is 13.6. The highest BCUT2D eigenvalue weighted by Gasteiger charge is 2.28. The molecule has 7 N–H and O–H groups in total. The molecular weight excluding hydrogens is 510 g/mol. The quantitative estimate of drug-likeness (QED) is 0.145. The summed E-state index contributed by atoms with van der Waals surface area (Å²) < 4.78 is 27.7. The van der Waals surface area contributed by atoms with Crippen molar-refractivity contribution in [1.29, 1.82) is 0 Å². The van der Waals surface area contributed by atoms with Gasteiger partial charge in [-0.2, -0.15) is 0 Å². The third kappa shape index (κ3) is 5.59. The fraction of sp³-hybridized carbons (Fsp3) is 0.0455. The maximum Gasteiger partial charge on any atom is 0.323 e. The van der Waals surface area contributed by atoms with Crippen LogP contribution in [0.5, 0.6) is 11.5 Å². The Morgan fingerprint density at radius 2 is 1.49 bits per heavy atom. The number of phenolic OH excluding ortho intramolecular Hbond substituents is 2. The van der Waals surface area contributed by atoms with Crippen molar-refractivity contribution in [2.24, 2.45) is 0 Å². The van der Waals surface area contributed by atoms with Gasteiger partial charge in [0, 0.05) is 17.4 Å². The fourth-order valence-corrected chi connectivity index (χ4v) is 5.12. The molecule has 0 spiro atoms. The highest BCUT2D eigenvalue weighted by molar-refractivity contribution is 7.92. The fourth-order valence-electron chi connectivity index (χ4n) is 3.33. The second-order valence-corrected chi connectivity index (χ2v) is 10.0. The average molecular weight is 530 g/mol. The number of hydrogen-bond donors (Lipinski definition) is 7. The Kier molecular flexibility index (Phi) is 6.73. The van der Waals surface area contributed by atoms with E-state index in [1.54, 1.807) is 18.2 Å². The van der Waals surface area contributed by atoms with Crippen LogP contribution in [-0.4, -0.2) is 34.6 Å². The summed E-state index contributed by atoms with van der Waals surface area (Å²) in [6.07, 6.45) is 0. The molecule has 1 saturated heterocycles. The second-order valence-electron chi connectivity index (χ2n) is 7.45. The molecule has 1 heterocycles. The standard InChI is InChI=1S/C22H19N5O5S3/c28-15-7-8-18(29)17(11-15)27-35(31,32)16-6-2-5-14(10-16)24-22(30)23-13-4-1-3-12(9-13)19-20(33)25-26-21(19)34/h1-11,19,27-29H,(H,25,33)(H,26,34)(H2,23,24,30). The van der Waals surface area contributed by atoms with Crippen LogP contribution >= 0.6 is 24.4 Å². The minimum absolute atomic E-state index is 0.164. The van der Waals surface area contributed by atoms with Gasteiger partial charge in [0.25, 0.3) is 10.0 Å². The predicted molar refractivity (Wildman–Crippen MR) is 140 cm³/mol. The molecule has 2 amide bonds. The lowest BCUT2D eigenvalue weighted by atomic mass is 9.99. The molecule has 0 aromatic heterocycles. The monoisotopic (exact) mass is 529 g/mol. The van der Waals surface area contributed by atoms with Crippen LogP contribution in [0.4, 0.5) is 21.9 Å². The highest BCUT2D eigenvalue weighted by atomic mass is 32.2. The van der Waals surface area contributed by atoms with Crippen molar-refractivity contribution < 1.29 is 23.4 Å². The second kappa shape index (κ2) is 9.74. The summed E-state index contributed by atoms with van der Waals surface area (Å²) >= 11 is 10.5. The zero-order chi connectivity index (χ0) is 25.2. The number of carbonyl (C=O) groups excluding carboxylic acids is 1. The number of rotatable bonds is 6. The Bertz CT molecular complexity index is 1430. The Morgan fingerprint density at radius 1 is 0.857 bits per heavy atom. The van der Waals surface area contributed by atoms with Crippen molar-refractivity contribution in [2.75, 3.05) is 15.4 Å². The molecule has 0 aliphatic carbocycles. The summed E-state index contributed by atoms with van der Waals surface area (Å²) in [6, 6.07) is 15.4. The third-order valence-electron chi connectivity index (χ3n) is 4.94. The number of carbonyl (C=O) groups is 1. The lowest BCUT2D eigenvalue weighted by Crippen LogP contribution is -2.26. The summed E-state index contributed by atoms with van der Waals surface area (Å²) in [7, 11) is -4.12. The van der Waals surface area contributed by atoms with Gasteiger partial charge in [0.1, 0.15) is 21.5 Å². The molecule has 0 atom stereocenters. The third-order valence-corrected chi connectivity index (χ3v) is 6.98. The van der Waals surface area contributed by atoms with Crippen LogP contribution in [-0.2, 0) is 10.0 Å². The lowest BCUT2D eigenvalue weighted by molar-refractivity contribution is 0.262. The Morgan fingerprint density at radius 3 is 2.17 bits per heavy atom. The van der Waals surface area contributed by atoms with Crippen LogP contribution in [0, 0.1) is 0 Å². The molecule has 0 saturated carbocycles. The summed E-state index contributed by atoms with van der Waals surface area (Å²) in [5.41, 5.74) is 6.93. The highest BCUT2D eigenvalue weighted by Crippen LogP contribution is 2.30. The molecule has 1 fully saturated rings. The van der Waals surface area contributed by atoms with E-state index in [1.807, 2.05) is 6.07 Å². The van der Waals surface area contributed by atoms with Crippen molar-refractivity contribution in [2.45, 2.75) is 10.8 Å². The summed E-state index contributed by atoms with van der Waals surface area (Å²) in [6.45, 7) is 0. The van der Waals surface area contributed by atoms with Gasteiger partial charge in [0.2, 0.25) is 0 Å². The predicted octanol–water partition coefficient (Wildman–Crippen LogP) is 3.39. The van der Waals surface area contributed by atoms with Crippen molar-refractivity contribution >= 4 is 67.5 Å². The molecular formula is C22H19N5O5S3. The van der Waals surface area contributed by atoms with E-state index in [1.165, 1.54) is 30.3 Å². The molecule has 10 nitrogen and oxygen atoms in total. The van der Waals surface area contributed by atoms with Crippen molar-refractivity contribution in [3.8, 4) is 11.5 Å². The Balaban J connectivity index is 1.47. The molecule has 1 aliphatic heterocycles. The van der Waals surface area contributed by atoms with E-state index in [-0.39, 0.29) is 33.7 Å². The molecule has 13 heteroatoms. The first-order valence-electron chi connectivity index (χ1n) is 10.0. The molecule has 0 unspecified atom stereocenters. The van der Waals surface area contributed by atoms with E-state index in [2.05, 4.69) is 26.2 Å². The number of urea groups is 1. The van der Waals surface area contributed by atoms with Crippen molar-refractivity contribution in [1.82, 2.24) is 10.9 Å². The van der Waals surface area contributed by atoms with Gasteiger partial charge in [0.05, 0.1) is 16.5 Å². The van der Waals surface area contributed by atoms with Gasteiger partial charge < -0.3 is 20.8 Å². The van der Waals surface area contributed by atoms with Gasteiger partial charge >= 0.3 is 6.03 Å². The Labute approximate surface area is 211 Å². The topological polar surface area (TPSA) is 152 Å². The van der Waals surface area contributed by atoms with Crippen LogP contribution in [0.2, 0.25) is 0 Å². The number of benzene rings is 3. The largest absolute Gasteiger partial charge is 0.508 e. The lowest BCUT2D eigenvalue weighted by Gasteiger charge is -2.13. The van der Waals surface area contributed by atoms with Gasteiger partial charge in [-0.25, -0.2) is 13.2 Å². The molecule has 35 heavy (non-hydrogen) atoms. The van der Waals surface area contributed by atoms with Gasteiger partial charge in [0.15, 0.2) is 0 Å². The number of nitrogens with one attached hydrogen (secondary N) is 5. The van der Waals surface area contributed by atoms with Gasteiger partial charge in [-0.15, -0.1) is 0 Å². The van der Waals surface area contributed by atoms with Crippen LogP contribution in [0.25, 0.3) is 0 Å². The SMILES string of the molecule is O=C(Nc1cccc(C2C(=S)NNC2=S)c1)Nc1cccc(S(=O)(=O)Nc2cc(O)ccc2O)c1. The molecule has 0 bridgehead atoms. The van der Waals surface area contributed by atoms with Gasteiger partial charge in [-0.3, -0.25) is 15.6 Å². The summed E-state index contributed by atoms with van der Waals surface area (Å²) in [5.74, 6) is -0.876. The van der Waals surface area contributed by atoms with Crippen LogP contribution in [0.15, 0.2) is 71.6 Å². The van der Waals surface area contributed by atoms with Crippen LogP contribution < -0.4 is 26.2 Å². The van der Waals surface area contributed by atoms with E-state index in [4.69, 9.17) is 24.4 Å². The maximum absolute atomic E-state index is 12.7. The average Bonchev–Trinajstić information content (AvgIpc) is 3.14. The summed E-state index contributed by atoms with van der Waals surface area (Å²) in [5, 5.41) is 24.7. The van der Waals surface area contributed by atoms with Crippen molar-refractivity contribution in [3.05, 3.63) is 72.3 Å². The zero-order valence-corrected chi connectivity index (χ0v) is 20.2. The number of anilines is 3. The molecule has 0 radical (unpaired) electrons. The molecule has 1 aliphatic rings. The molecule has 4 rings (SSSR count). The molecule has 3 aromatic carbocycles. The first-order chi connectivity index (χ1) is 16.6. The first-order valence-corrected chi connectivity index (χ1v) is 12.3. The van der Waals surface area contributed by atoms with Crippen molar-refractivity contribution in [3.63, 3.8) is 0 Å². The Hall–Kier alpha value is -3.94. The van der Waals surface area contributed by atoms with E-state index >= 15 is 0 Å². The zero-order valence-electron chi connectivity index (χ0n) is 17.8. The number of sulfonamides is 1. The maximum atomic E-state index is 12.7.